The first-order valence-electron chi connectivity index (χ1n) is 3.59. The Morgan fingerprint density at radius 3 is 1.82 bits per heavy atom. The summed E-state index contributed by atoms with van der Waals surface area (Å²) >= 11 is 0. The third kappa shape index (κ3) is 1.92. The van der Waals surface area contributed by atoms with Gasteiger partial charge in [-0.3, -0.25) is 0 Å². The Morgan fingerprint density at radius 1 is 1.45 bits per heavy atom. The zero-order valence-corrected chi connectivity index (χ0v) is 7.77. The molecule has 11 heavy (non-hydrogen) atoms. The molecule has 0 saturated heterocycles. The summed E-state index contributed by atoms with van der Waals surface area (Å²) in [6, 6.07) is 0. The fourth-order valence-corrected chi connectivity index (χ4v) is 2.04. The predicted octanol–water partition coefficient (Wildman–Crippen LogP) is 0.645. The van der Waals surface area contributed by atoms with E-state index in [-0.39, 0.29) is 0 Å². The van der Waals surface area contributed by atoms with Crippen molar-refractivity contribution in [3.8, 4) is 0 Å². The van der Waals surface area contributed by atoms with Gasteiger partial charge in [0.15, 0.2) is 0 Å². The van der Waals surface area contributed by atoms with Crippen molar-refractivity contribution in [3.05, 3.63) is 12.7 Å². The van der Waals surface area contributed by atoms with Crippen LogP contribution in [0.25, 0.3) is 0 Å². The van der Waals surface area contributed by atoms with Crippen molar-refractivity contribution in [1.29, 1.82) is 0 Å². The molecule has 0 saturated carbocycles. The minimum absolute atomic E-state index is 0.303. The second-order valence-electron chi connectivity index (χ2n) is 2.51. The zero-order chi connectivity index (χ0) is 9.12. The molecule has 0 aromatic rings. The molecule has 0 radical (unpaired) electrons. The molecule has 3 nitrogen and oxygen atoms in total. The molecule has 66 valence electrons. The van der Waals surface area contributed by atoms with Crippen LogP contribution in [0.5, 0.6) is 0 Å². The van der Waals surface area contributed by atoms with Crippen LogP contribution in [-0.4, -0.2) is 5.16 Å². The Kier molecular flexibility index (Phi) is 3.49. The molecule has 0 aliphatic rings. The standard InChI is InChI=1S/C7H15O3P/c1-4-7(5-2,6-3)11(8,9)10/h4H,1,5-6H2,2-3H3,(H2,8,9,10)/p-2. The van der Waals surface area contributed by atoms with E-state index in [1.165, 1.54) is 6.08 Å². The highest BCUT2D eigenvalue weighted by atomic mass is 31.2. The molecule has 0 heterocycles. The van der Waals surface area contributed by atoms with Crippen molar-refractivity contribution in [1.82, 2.24) is 0 Å². The Hall–Kier alpha value is -0.110. The molecule has 0 aliphatic carbocycles. The molecule has 0 unspecified atom stereocenters. The lowest BCUT2D eigenvalue weighted by molar-refractivity contribution is -0.319. The van der Waals surface area contributed by atoms with E-state index in [1.54, 1.807) is 13.8 Å². The lowest BCUT2D eigenvalue weighted by atomic mass is 10.0. The van der Waals surface area contributed by atoms with E-state index in [4.69, 9.17) is 0 Å². The smallest absolute Gasteiger partial charge is 0.0151 e. The summed E-state index contributed by atoms with van der Waals surface area (Å²) in [6.45, 7) is 6.72. The van der Waals surface area contributed by atoms with Gasteiger partial charge in [0.2, 0.25) is 0 Å². The van der Waals surface area contributed by atoms with Gasteiger partial charge in [0.05, 0.1) is 0 Å². The van der Waals surface area contributed by atoms with E-state index in [2.05, 4.69) is 6.58 Å². The fraction of sp³-hybridized carbons (Fsp3) is 0.714. The van der Waals surface area contributed by atoms with Crippen LogP contribution in [0.4, 0.5) is 0 Å². The van der Waals surface area contributed by atoms with Crippen LogP contribution in [0.3, 0.4) is 0 Å². The molecule has 4 heteroatoms. The predicted molar refractivity (Wildman–Crippen MR) is 41.1 cm³/mol. The van der Waals surface area contributed by atoms with Gasteiger partial charge in [0.1, 0.15) is 0 Å². The number of allylic oxidation sites excluding steroid dienone is 1. The number of hydrogen-bond donors (Lipinski definition) is 0. The Bertz CT molecular complexity index is 178. The maximum atomic E-state index is 10.7. The van der Waals surface area contributed by atoms with Crippen LogP contribution < -0.4 is 9.79 Å². The van der Waals surface area contributed by atoms with E-state index < -0.39 is 12.8 Å². The summed E-state index contributed by atoms with van der Waals surface area (Å²) in [4.78, 5) is 21.5. The second-order valence-corrected chi connectivity index (χ2v) is 4.40. The molecule has 0 aliphatic heterocycles. The van der Waals surface area contributed by atoms with Crippen LogP contribution in [0.15, 0.2) is 12.7 Å². The van der Waals surface area contributed by atoms with Gasteiger partial charge in [-0.15, -0.1) is 6.58 Å². The molecule has 0 bridgehead atoms. The first-order valence-corrected chi connectivity index (χ1v) is 5.13. The van der Waals surface area contributed by atoms with Crippen LogP contribution in [0.1, 0.15) is 26.7 Å². The fourth-order valence-electron chi connectivity index (χ4n) is 1.04. The first-order chi connectivity index (χ1) is 4.93. The number of hydrogen-bond acceptors (Lipinski definition) is 3. The van der Waals surface area contributed by atoms with Gasteiger partial charge in [0, 0.05) is 5.16 Å². The SMILES string of the molecule is C=CC(CC)(CC)P(=O)([O-])[O-]. The molecule has 0 atom stereocenters. The minimum atomic E-state index is -4.52. The quantitative estimate of drug-likeness (QED) is 0.466. The van der Waals surface area contributed by atoms with Crippen molar-refractivity contribution >= 4 is 7.60 Å². The molecule has 0 rings (SSSR count). The molecule has 0 fully saturated rings. The van der Waals surface area contributed by atoms with Gasteiger partial charge in [-0.05, 0) is 12.8 Å². The normalized spacial score (nSPS) is 13.1. The lowest BCUT2D eigenvalue weighted by Gasteiger charge is -2.47. The zero-order valence-electron chi connectivity index (χ0n) is 6.87. The van der Waals surface area contributed by atoms with Gasteiger partial charge >= 0.3 is 0 Å². The highest BCUT2D eigenvalue weighted by molar-refractivity contribution is 7.50. The van der Waals surface area contributed by atoms with Gasteiger partial charge in [-0.25, -0.2) is 0 Å². The first kappa shape index (κ1) is 10.9. The van der Waals surface area contributed by atoms with Gasteiger partial charge in [0.25, 0.3) is 0 Å². The maximum absolute atomic E-state index is 10.7. The van der Waals surface area contributed by atoms with Crippen LogP contribution in [0.2, 0.25) is 0 Å². The Morgan fingerprint density at radius 2 is 1.82 bits per heavy atom. The monoisotopic (exact) mass is 176 g/mol. The average molecular weight is 176 g/mol. The van der Waals surface area contributed by atoms with E-state index in [0.29, 0.717) is 12.8 Å². The van der Waals surface area contributed by atoms with Crippen LogP contribution in [-0.2, 0) is 4.57 Å². The van der Waals surface area contributed by atoms with E-state index in [1.807, 2.05) is 0 Å². The summed E-state index contributed by atoms with van der Waals surface area (Å²) in [5.74, 6) is 0. The van der Waals surface area contributed by atoms with Gasteiger partial charge in [-0.2, -0.15) is 0 Å². The third-order valence-electron chi connectivity index (χ3n) is 2.15. The van der Waals surface area contributed by atoms with E-state index >= 15 is 0 Å². The Balaban J connectivity index is 4.84. The lowest BCUT2D eigenvalue weighted by Crippen LogP contribution is -2.36. The molecule has 0 N–H and O–H groups in total. The van der Waals surface area contributed by atoms with Gasteiger partial charge < -0.3 is 14.4 Å². The molecule has 0 amide bonds. The number of rotatable bonds is 4. The summed E-state index contributed by atoms with van der Waals surface area (Å²) in [6.07, 6.45) is 1.85. The minimum Gasteiger partial charge on any atom is -0.810 e. The van der Waals surface area contributed by atoms with Crippen LogP contribution in [0, 0.1) is 0 Å². The molecule has 0 spiro atoms. The topological polar surface area (TPSA) is 63.2 Å². The summed E-state index contributed by atoms with van der Waals surface area (Å²) < 4.78 is 10.7. The third-order valence-corrected chi connectivity index (χ3v) is 4.06. The summed E-state index contributed by atoms with van der Waals surface area (Å²) in [5.41, 5.74) is 0. The molecule has 0 aromatic carbocycles. The second kappa shape index (κ2) is 3.53. The van der Waals surface area contributed by atoms with E-state index in [9.17, 15) is 14.4 Å². The highest BCUT2D eigenvalue weighted by Gasteiger charge is 2.25. The van der Waals surface area contributed by atoms with Crippen molar-refractivity contribution in [2.75, 3.05) is 0 Å². The van der Waals surface area contributed by atoms with Crippen molar-refractivity contribution in [2.24, 2.45) is 0 Å². The molecule has 0 aromatic heterocycles. The molecular formula is C7H13O3P-2. The van der Waals surface area contributed by atoms with Crippen molar-refractivity contribution in [2.45, 2.75) is 31.8 Å². The largest absolute Gasteiger partial charge is 0.810 e. The van der Waals surface area contributed by atoms with Crippen molar-refractivity contribution in [3.63, 3.8) is 0 Å². The highest BCUT2D eigenvalue weighted by Crippen LogP contribution is 2.48. The maximum Gasteiger partial charge on any atom is 0.0151 e. The van der Waals surface area contributed by atoms with E-state index in [0.717, 1.165) is 0 Å². The summed E-state index contributed by atoms with van der Waals surface area (Å²) in [5, 5.41) is -1.23. The Labute approximate surface area is 67.3 Å². The summed E-state index contributed by atoms with van der Waals surface area (Å²) in [7, 11) is -4.52. The molecular weight excluding hydrogens is 163 g/mol. The van der Waals surface area contributed by atoms with Crippen molar-refractivity contribution < 1.29 is 14.4 Å². The van der Waals surface area contributed by atoms with Gasteiger partial charge in [-0.1, -0.05) is 27.5 Å². The van der Waals surface area contributed by atoms with Crippen LogP contribution >= 0.6 is 7.60 Å². The average Bonchev–Trinajstić information content (AvgIpc) is 1.90.